The zero-order valence-electron chi connectivity index (χ0n) is 8.56. The van der Waals surface area contributed by atoms with Gasteiger partial charge in [0.2, 0.25) is 0 Å². The summed E-state index contributed by atoms with van der Waals surface area (Å²) in [4.78, 5) is 11.2. The average Bonchev–Trinajstić information content (AvgIpc) is 2.56. The highest BCUT2D eigenvalue weighted by molar-refractivity contribution is 7.92. The fourth-order valence-electron chi connectivity index (χ4n) is 1.75. The van der Waals surface area contributed by atoms with Crippen LogP contribution in [0.4, 0.5) is 0 Å². The molecule has 1 N–H and O–H groups in total. The van der Waals surface area contributed by atoms with Crippen molar-refractivity contribution in [3.8, 4) is 0 Å². The maximum atomic E-state index is 11.5. The minimum Gasteiger partial charge on any atom is -0.477 e. The summed E-state index contributed by atoms with van der Waals surface area (Å²) in [6.07, 6.45) is 6.04. The van der Waals surface area contributed by atoms with Gasteiger partial charge in [-0.15, -0.1) is 11.3 Å². The number of aromatic carboxylic acids is 1. The first-order valence-electron chi connectivity index (χ1n) is 4.67. The van der Waals surface area contributed by atoms with E-state index < -0.39 is 15.8 Å². The first kappa shape index (κ1) is 11.3. The molecule has 0 aromatic carbocycles. The summed E-state index contributed by atoms with van der Waals surface area (Å²) >= 11 is 0.852. The largest absolute Gasteiger partial charge is 0.477 e. The number of carboxylic acids is 1. The number of sulfone groups is 1. The maximum absolute atomic E-state index is 11.5. The van der Waals surface area contributed by atoms with Crippen LogP contribution in [0.2, 0.25) is 0 Å². The van der Waals surface area contributed by atoms with Crippen molar-refractivity contribution in [2.24, 2.45) is 0 Å². The van der Waals surface area contributed by atoms with Crippen molar-refractivity contribution in [3.05, 3.63) is 22.1 Å². The lowest BCUT2D eigenvalue weighted by Crippen LogP contribution is -2.01. The van der Waals surface area contributed by atoms with E-state index in [1.54, 1.807) is 6.08 Å². The fraction of sp³-hybridized carbons (Fsp3) is 0.300. The van der Waals surface area contributed by atoms with Crippen molar-refractivity contribution < 1.29 is 18.3 Å². The van der Waals surface area contributed by atoms with E-state index in [-0.39, 0.29) is 9.09 Å². The molecule has 6 heteroatoms. The van der Waals surface area contributed by atoms with Crippen LogP contribution in [-0.4, -0.2) is 25.7 Å². The number of fused-ring (bicyclic) bond motifs is 1. The fourth-order valence-corrected chi connectivity index (χ4v) is 4.10. The maximum Gasteiger partial charge on any atom is 0.346 e. The minimum absolute atomic E-state index is 0.153. The zero-order chi connectivity index (χ0) is 11.9. The van der Waals surface area contributed by atoms with Gasteiger partial charge in [0, 0.05) is 11.8 Å². The standard InChI is InChI=1S/C10H10O4S2/c1-16(13,14)10-7-5-3-2-4-6(7)8(15-10)9(11)12/h3,5H,2,4H2,1H3,(H,11,12). The van der Waals surface area contributed by atoms with E-state index in [1.165, 1.54) is 0 Å². The number of hydrogen-bond acceptors (Lipinski definition) is 4. The van der Waals surface area contributed by atoms with Crippen LogP contribution in [0, 0.1) is 0 Å². The first-order chi connectivity index (χ1) is 7.41. The third-order valence-corrected chi connectivity index (χ3v) is 5.47. The van der Waals surface area contributed by atoms with Crippen LogP contribution in [0.5, 0.6) is 0 Å². The summed E-state index contributed by atoms with van der Waals surface area (Å²) in [5.41, 5.74) is 1.22. The Labute approximate surface area is 97.1 Å². The molecule has 0 spiro atoms. The van der Waals surface area contributed by atoms with Gasteiger partial charge in [0.1, 0.15) is 9.09 Å². The molecule has 0 unspecified atom stereocenters. The van der Waals surface area contributed by atoms with Crippen LogP contribution in [0.3, 0.4) is 0 Å². The average molecular weight is 258 g/mol. The Hall–Kier alpha value is -1.14. The van der Waals surface area contributed by atoms with Crippen LogP contribution in [0.25, 0.3) is 6.08 Å². The van der Waals surface area contributed by atoms with Crippen LogP contribution in [0.1, 0.15) is 27.2 Å². The van der Waals surface area contributed by atoms with Gasteiger partial charge in [-0.05, 0) is 18.4 Å². The van der Waals surface area contributed by atoms with Crippen molar-refractivity contribution in [1.82, 2.24) is 0 Å². The number of carboxylic acid groups (broad SMARTS) is 1. The van der Waals surface area contributed by atoms with Crippen molar-refractivity contribution in [2.45, 2.75) is 17.1 Å². The predicted molar refractivity (Wildman–Crippen MR) is 61.7 cm³/mol. The molecular weight excluding hydrogens is 248 g/mol. The van der Waals surface area contributed by atoms with Gasteiger partial charge in [0.15, 0.2) is 9.84 Å². The third-order valence-electron chi connectivity index (χ3n) is 2.39. The lowest BCUT2D eigenvalue weighted by molar-refractivity contribution is 0.0701. The van der Waals surface area contributed by atoms with E-state index in [9.17, 15) is 13.2 Å². The smallest absolute Gasteiger partial charge is 0.346 e. The quantitative estimate of drug-likeness (QED) is 0.878. The predicted octanol–water partition coefficient (Wildman–Crippen LogP) is 1.81. The Morgan fingerprint density at radius 1 is 1.50 bits per heavy atom. The zero-order valence-corrected chi connectivity index (χ0v) is 10.2. The van der Waals surface area contributed by atoms with Gasteiger partial charge in [-0.25, -0.2) is 13.2 Å². The SMILES string of the molecule is CS(=O)(=O)c1sc(C(=O)O)c2c1C=CCC2. The molecule has 1 aromatic rings. The van der Waals surface area contributed by atoms with Gasteiger partial charge >= 0.3 is 5.97 Å². The van der Waals surface area contributed by atoms with Gasteiger partial charge < -0.3 is 5.11 Å². The molecule has 0 amide bonds. The summed E-state index contributed by atoms with van der Waals surface area (Å²) in [6, 6.07) is 0. The summed E-state index contributed by atoms with van der Waals surface area (Å²) in [5.74, 6) is -1.05. The molecule has 0 bridgehead atoms. The number of hydrogen-bond donors (Lipinski definition) is 1. The molecule has 1 aromatic heterocycles. The Morgan fingerprint density at radius 2 is 2.19 bits per heavy atom. The third kappa shape index (κ3) is 1.78. The summed E-state index contributed by atoms with van der Waals surface area (Å²) in [6.45, 7) is 0. The number of thiophene rings is 1. The number of carbonyl (C=O) groups is 1. The lowest BCUT2D eigenvalue weighted by atomic mass is 10.00. The lowest BCUT2D eigenvalue weighted by Gasteiger charge is -2.06. The normalized spacial score (nSPS) is 14.8. The van der Waals surface area contributed by atoms with E-state index in [0.29, 0.717) is 17.5 Å². The summed E-state index contributed by atoms with van der Waals surface area (Å²) < 4.78 is 23.2. The van der Waals surface area contributed by atoms with Gasteiger partial charge in [-0.3, -0.25) is 0 Å². The van der Waals surface area contributed by atoms with Crippen LogP contribution in [0.15, 0.2) is 10.3 Å². The Kier molecular flexibility index (Phi) is 2.63. The second kappa shape index (κ2) is 3.71. The monoisotopic (exact) mass is 258 g/mol. The molecule has 0 saturated heterocycles. The van der Waals surface area contributed by atoms with Gasteiger partial charge in [0.05, 0.1) is 0 Å². The molecule has 0 saturated carbocycles. The highest BCUT2D eigenvalue weighted by Gasteiger charge is 2.26. The summed E-state index contributed by atoms with van der Waals surface area (Å²) in [7, 11) is -3.35. The van der Waals surface area contributed by atoms with Crippen molar-refractivity contribution in [1.29, 1.82) is 0 Å². The molecule has 0 aliphatic heterocycles. The van der Waals surface area contributed by atoms with Gasteiger partial charge in [-0.1, -0.05) is 12.2 Å². The van der Waals surface area contributed by atoms with Crippen LogP contribution >= 0.6 is 11.3 Å². The van der Waals surface area contributed by atoms with E-state index in [4.69, 9.17) is 5.11 Å². The van der Waals surface area contributed by atoms with E-state index in [0.717, 1.165) is 24.0 Å². The molecule has 86 valence electrons. The molecule has 4 nitrogen and oxygen atoms in total. The number of allylic oxidation sites excluding steroid dienone is 1. The van der Waals surface area contributed by atoms with Crippen molar-refractivity contribution in [2.75, 3.05) is 6.26 Å². The number of rotatable bonds is 2. The Morgan fingerprint density at radius 3 is 2.75 bits per heavy atom. The van der Waals surface area contributed by atoms with Crippen molar-refractivity contribution in [3.63, 3.8) is 0 Å². The van der Waals surface area contributed by atoms with E-state index in [2.05, 4.69) is 0 Å². The summed E-state index contributed by atoms with van der Waals surface area (Å²) in [5, 5.41) is 9.01. The first-order valence-corrected chi connectivity index (χ1v) is 7.37. The van der Waals surface area contributed by atoms with Gasteiger partial charge in [-0.2, -0.15) is 0 Å². The molecule has 1 heterocycles. The van der Waals surface area contributed by atoms with Crippen LogP contribution in [-0.2, 0) is 16.3 Å². The molecule has 2 rings (SSSR count). The topological polar surface area (TPSA) is 71.4 Å². The molecule has 0 radical (unpaired) electrons. The minimum atomic E-state index is -3.35. The Balaban J connectivity index is 2.75. The highest BCUT2D eigenvalue weighted by Crippen LogP contribution is 2.36. The second-order valence-corrected chi connectivity index (χ2v) is 6.86. The van der Waals surface area contributed by atoms with Crippen molar-refractivity contribution >= 4 is 33.2 Å². The second-order valence-electron chi connectivity index (χ2n) is 3.63. The van der Waals surface area contributed by atoms with E-state index in [1.807, 2.05) is 6.08 Å². The van der Waals surface area contributed by atoms with Gasteiger partial charge in [0.25, 0.3) is 0 Å². The van der Waals surface area contributed by atoms with Crippen LogP contribution < -0.4 is 0 Å². The molecule has 1 aliphatic carbocycles. The van der Waals surface area contributed by atoms with E-state index >= 15 is 0 Å². The molecule has 0 atom stereocenters. The molecule has 1 aliphatic rings. The highest BCUT2D eigenvalue weighted by atomic mass is 32.2. The molecular formula is C10H10O4S2. The molecule has 16 heavy (non-hydrogen) atoms. The Bertz CT molecular complexity index is 578. The molecule has 0 fully saturated rings.